The highest BCUT2D eigenvalue weighted by atomic mass is 16.6. The molecular formula is C18H13N7O5. The Labute approximate surface area is 168 Å². The molecule has 0 aliphatic heterocycles. The summed E-state index contributed by atoms with van der Waals surface area (Å²) in [5.74, 6) is -1.15. The number of nitro groups is 1. The van der Waals surface area contributed by atoms with Crippen LogP contribution in [-0.4, -0.2) is 43.6 Å². The first-order valence-corrected chi connectivity index (χ1v) is 8.43. The Morgan fingerprint density at radius 1 is 1.23 bits per heavy atom. The summed E-state index contributed by atoms with van der Waals surface area (Å²) in [7, 11) is 0. The van der Waals surface area contributed by atoms with Gasteiger partial charge in [0.1, 0.15) is 6.07 Å². The second-order valence-electron chi connectivity index (χ2n) is 5.82. The number of carbonyl (C=O) groups excluding carboxylic acids is 2. The number of anilines is 1. The number of tetrazole rings is 1. The third-order valence-corrected chi connectivity index (χ3v) is 3.73. The fraction of sp³-hybridized carbons (Fsp3) is 0.111. The number of rotatable bonds is 7. The number of hydrogen-bond donors (Lipinski definition) is 1. The number of esters is 1. The van der Waals surface area contributed by atoms with Gasteiger partial charge in [-0.2, -0.15) is 10.1 Å². The van der Waals surface area contributed by atoms with Gasteiger partial charge in [-0.05, 0) is 11.3 Å². The summed E-state index contributed by atoms with van der Waals surface area (Å²) in [5, 5.41) is 33.8. The predicted octanol–water partition coefficient (Wildman–Crippen LogP) is 1.30. The molecule has 0 bridgehead atoms. The summed E-state index contributed by atoms with van der Waals surface area (Å²) in [6.45, 7) is -0.977. The molecule has 0 spiro atoms. The molecule has 0 saturated carbocycles. The molecule has 0 unspecified atom stereocenters. The summed E-state index contributed by atoms with van der Waals surface area (Å²) >= 11 is 0. The van der Waals surface area contributed by atoms with Crippen molar-refractivity contribution in [3.63, 3.8) is 0 Å². The van der Waals surface area contributed by atoms with Gasteiger partial charge in [0.2, 0.25) is 5.82 Å². The van der Waals surface area contributed by atoms with Crippen molar-refractivity contribution in [1.82, 2.24) is 20.2 Å². The van der Waals surface area contributed by atoms with Crippen LogP contribution in [0.25, 0.3) is 11.4 Å². The second-order valence-corrected chi connectivity index (χ2v) is 5.82. The van der Waals surface area contributed by atoms with Gasteiger partial charge in [-0.1, -0.05) is 30.3 Å². The molecule has 0 saturated heterocycles. The van der Waals surface area contributed by atoms with Crippen LogP contribution >= 0.6 is 0 Å². The Bertz CT molecular complexity index is 1140. The van der Waals surface area contributed by atoms with Crippen molar-refractivity contribution >= 4 is 23.3 Å². The van der Waals surface area contributed by atoms with Crippen LogP contribution < -0.4 is 5.32 Å². The second kappa shape index (κ2) is 9.02. The molecule has 1 heterocycles. The molecule has 2 aromatic carbocycles. The largest absolute Gasteiger partial charge is 0.454 e. The van der Waals surface area contributed by atoms with Crippen LogP contribution in [0.3, 0.4) is 0 Å². The van der Waals surface area contributed by atoms with Crippen LogP contribution in [0.5, 0.6) is 0 Å². The maximum atomic E-state index is 12.0. The molecule has 0 fully saturated rings. The first-order valence-electron chi connectivity index (χ1n) is 8.43. The molecule has 1 aromatic heterocycles. The molecule has 12 nitrogen and oxygen atoms in total. The van der Waals surface area contributed by atoms with E-state index in [1.54, 1.807) is 18.2 Å². The molecule has 3 aromatic rings. The normalized spacial score (nSPS) is 10.1. The fourth-order valence-corrected chi connectivity index (χ4v) is 2.35. The van der Waals surface area contributed by atoms with E-state index in [1.807, 2.05) is 18.2 Å². The fourth-order valence-electron chi connectivity index (χ4n) is 2.35. The van der Waals surface area contributed by atoms with Crippen molar-refractivity contribution in [2.45, 2.75) is 6.54 Å². The van der Waals surface area contributed by atoms with Crippen molar-refractivity contribution < 1.29 is 19.2 Å². The number of non-ortho nitro benzene ring substituents is 1. The van der Waals surface area contributed by atoms with Gasteiger partial charge in [-0.25, -0.2) is 4.79 Å². The Morgan fingerprint density at radius 2 is 2.00 bits per heavy atom. The van der Waals surface area contributed by atoms with Crippen LogP contribution in [-0.2, 0) is 20.9 Å². The van der Waals surface area contributed by atoms with E-state index in [9.17, 15) is 19.7 Å². The van der Waals surface area contributed by atoms with E-state index in [1.165, 1.54) is 6.07 Å². The molecule has 0 radical (unpaired) electrons. The van der Waals surface area contributed by atoms with E-state index in [-0.39, 0.29) is 23.5 Å². The first-order chi connectivity index (χ1) is 14.5. The van der Waals surface area contributed by atoms with Gasteiger partial charge in [0.05, 0.1) is 16.2 Å². The maximum absolute atomic E-state index is 12.0. The molecule has 12 heteroatoms. The Hall–Kier alpha value is -4.66. The maximum Gasteiger partial charge on any atom is 0.330 e. The summed E-state index contributed by atoms with van der Waals surface area (Å²) in [4.78, 5) is 35.0. The third-order valence-electron chi connectivity index (χ3n) is 3.73. The van der Waals surface area contributed by atoms with E-state index in [4.69, 9.17) is 10.00 Å². The lowest BCUT2D eigenvalue weighted by molar-refractivity contribution is -0.384. The molecule has 0 aliphatic carbocycles. The monoisotopic (exact) mass is 407 g/mol. The molecule has 150 valence electrons. The van der Waals surface area contributed by atoms with Gasteiger partial charge >= 0.3 is 5.97 Å². The number of hydrogen-bond acceptors (Lipinski definition) is 9. The van der Waals surface area contributed by atoms with Crippen molar-refractivity contribution in [2.75, 3.05) is 11.9 Å². The zero-order valence-corrected chi connectivity index (χ0v) is 15.3. The number of carbonyl (C=O) groups is 2. The standard InChI is InChI=1S/C18H13N7O5/c19-9-13-8-14(25(28)29)6-7-15(13)20-16(26)11-30-17(27)10-24-22-18(21-23-24)12-4-2-1-3-5-12/h1-8H,10-11H2,(H,20,26). The van der Waals surface area contributed by atoms with Gasteiger partial charge in [0.15, 0.2) is 13.2 Å². The number of nitrogens with zero attached hydrogens (tertiary/aromatic N) is 6. The predicted molar refractivity (Wildman–Crippen MR) is 101 cm³/mol. The topological polar surface area (TPSA) is 166 Å². The average molecular weight is 407 g/mol. The Morgan fingerprint density at radius 3 is 2.70 bits per heavy atom. The molecular weight excluding hydrogens is 394 g/mol. The van der Waals surface area contributed by atoms with Crippen LogP contribution in [0.2, 0.25) is 0 Å². The number of nitriles is 1. The van der Waals surface area contributed by atoms with Gasteiger partial charge in [-0.3, -0.25) is 14.9 Å². The summed E-state index contributed by atoms with van der Waals surface area (Å²) in [6, 6.07) is 14.2. The SMILES string of the molecule is N#Cc1cc([N+](=O)[O-])ccc1NC(=O)COC(=O)Cn1nnc(-c2ccccc2)n1. The summed E-state index contributed by atoms with van der Waals surface area (Å²) in [5.41, 5.74) is 0.415. The third kappa shape index (κ3) is 4.98. The minimum atomic E-state index is -0.772. The highest BCUT2D eigenvalue weighted by molar-refractivity contribution is 5.94. The Balaban J connectivity index is 1.53. The summed E-state index contributed by atoms with van der Waals surface area (Å²) in [6.07, 6.45) is 0. The number of benzene rings is 2. The number of ether oxygens (including phenoxy) is 1. The summed E-state index contributed by atoms with van der Waals surface area (Å²) < 4.78 is 4.86. The molecule has 1 amide bonds. The molecule has 0 atom stereocenters. The van der Waals surface area contributed by atoms with Gasteiger partial charge in [0.25, 0.3) is 11.6 Å². The lowest BCUT2D eigenvalue weighted by atomic mass is 10.1. The number of nitrogens with one attached hydrogen (secondary N) is 1. The zero-order chi connectivity index (χ0) is 21.5. The van der Waals surface area contributed by atoms with Gasteiger partial charge in [0, 0.05) is 17.7 Å². The minimum Gasteiger partial charge on any atom is -0.454 e. The smallest absolute Gasteiger partial charge is 0.330 e. The molecule has 3 rings (SSSR count). The van der Waals surface area contributed by atoms with Gasteiger partial charge < -0.3 is 10.1 Å². The van der Waals surface area contributed by atoms with Crippen molar-refractivity contribution in [3.05, 3.63) is 64.2 Å². The highest BCUT2D eigenvalue weighted by Crippen LogP contribution is 2.21. The minimum absolute atomic E-state index is 0.0644. The van der Waals surface area contributed by atoms with Crippen molar-refractivity contribution in [1.29, 1.82) is 5.26 Å². The first kappa shape index (κ1) is 20.1. The number of amides is 1. The van der Waals surface area contributed by atoms with Crippen LogP contribution in [0.15, 0.2) is 48.5 Å². The van der Waals surface area contributed by atoms with Crippen LogP contribution in [0.4, 0.5) is 11.4 Å². The van der Waals surface area contributed by atoms with E-state index in [0.29, 0.717) is 5.82 Å². The van der Waals surface area contributed by atoms with E-state index >= 15 is 0 Å². The molecule has 0 aliphatic rings. The van der Waals surface area contributed by atoms with E-state index < -0.39 is 23.4 Å². The lowest BCUT2D eigenvalue weighted by Gasteiger charge is -2.07. The molecule has 1 N–H and O–H groups in total. The Kier molecular flexibility index (Phi) is 6.04. The van der Waals surface area contributed by atoms with E-state index in [0.717, 1.165) is 22.5 Å². The average Bonchev–Trinajstić information content (AvgIpc) is 3.21. The number of aromatic nitrogens is 4. The van der Waals surface area contributed by atoms with Crippen LogP contribution in [0, 0.1) is 21.4 Å². The quantitative estimate of drug-likeness (QED) is 0.345. The zero-order valence-electron chi connectivity index (χ0n) is 15.3. The lowest BCUT2D eigenvalue weighted by Crippen LogP contribution is -2.24. The number of nitro benzene ring substituents is 1. The highest BCUT2D eigenvalue weighted by Gasteiger charge is 2.15. The van der Waals surface area contributed by atoms with E-state index in [2.05, 4.69) is 20.7 Å². The van der Waals surface area contributed by atoms with Crippen molar-refractivity contribution in [2.24, 2.45) is 0 Å². The van der Waals surface area contributed by atoms with Crippen molar-refractivity contribution in [3.8, 4) is 17.5 Å². The molecule has 30 heavy (non-hydrogen) atoms. The van der Waals surface area contributed by atoms with Gasteiger partial charge in [-0.15, -0.1) is 10.2 Å². The van der Waals surface area contributed by atoms with Crippen LogP contribution in [0.1, 0.15) is 5.56 Å².